The normalized spacial score (nSPS) is 16.9. The Morgan fingerprint density at radius 3 is 2.05 bits per heavy atom. The molecule has 15 heteroatoms. The third-order valence-corrected chi connectivity index (χ3v) is 7.01. The molecule has 0 aliphatic carbocycles. The first-order valence-electron chi connectivity index (χ1n) is 11.4. The molecule has 214 valence electrons. The monoisotopic (exact) mass is 576 g/mol. The molecule has 3 atom stereocenters. The summed E-state index contributed by atoms with van der Waals surface area (Å²) < 4.78 is 72.8. The summed E-state index contributed by atoms with van der Waals surface area (Å²) in [4.78, 5) is 37.4. The second-order valence-electron chi connectivity index (χ2n) is 8.75. The smallest absolute Gasteiger partial charge is 0.475 e. The number of hydrogen-bond donors (Lipinski definition) is 3. The number of nitrogens with two attached hydrogens (primary N) is 1. The Morgan fingerprint density at radius 1 is 1.08 bits per heavy atom. The molecule has 2 aromatic rings. The fourth-order valence-electron chi connectivity index (χ4n) is 3.63. The van der Waals surface area contributed by atoms with Gasteiger partial charge in [-0.1, -0.05) is 30.3 Å². The van der Waals surface area contributed by atoms with Crippen molar-refractivity contribution in [3.05, 3.63) is 60.2 Å². The molecule has 0 radical (unpaired) electrons. The second-order valence-corrected chi connectivity index (χ2v) is 10.4. The minimum absolute atomic E-state index is 0.0321. The molecule has 0 unspecified atom stereocenters. The second kappa shape index (κ2) is 12.9. The Labute approximate surface area is 222 Å². The molecule has 4 N–H and O–H groups in total. The number of likely N-dealkylation sites (tertiary alicyclic amines) is 1. The van der Waals surface area contributed by atoms with Crippen LogP contribution in [0.2, 0.25) is 0 Å². The number of benzene rings is 2. The average Bonchev–Trinajstić information content (AvgIpc) is 3.31. The van der Waals surface area contributed by atoms with Gasteiger partial charge in [0.2, 0.25) is 11.8 Å². The zero-order chi connectivity index (χ0) is 29.5. The van der Waals surface area contributed by atoms with Gasteiger partial charge < -0.3 is 20.6 Å². The van der Waals surface area contributed by atoms with Crippen molar-refractivity contribution in [2.45, 2.75) is 35.6 Å². The van der Waals surface area contributed by atoms with Gasteiger partial charge in [-0.05, 0) is 36.2 Å². The zero-order valence-electron chi connectivity index (χ0n) is 20.9. The maximum atomic E-state index is 13.5. The van der Waals surface area contributed by atoms with E-state index < -0.39 is 46.2 Å². The summed E-state index contributed by atoms with van der Waals surface area (Å²) in [6, 6.07) is 12.9. The Bertz CT molecular complexity index is 1260. The highest BCUT2D eigenvalue weighted by Gasteiger charge is 2.39. The van der Waals surface area contributed by atoms with Crippen LogP contribution in [-0.4, -0.2) is 86.7 Å². The Hall–Kier alpha value is -3.72. The van der Waals surface area contributed by atoms with Gasteiger partial charge in [0, 0.05) is 26.3 Å². The lowest BCUT2D eigenvalue weighted by Gasteiger charge is -2.28. The van der Waals surface area contributed by atoms with Gasteiger partial charge in [-0.3, -0.25) is 14.3 Å². The quantitative estimate of drug-likeness (QED) is 0.428. The summed E-state index contributed by atoms with van der Waals surface area (Å²) in [5, 5.41) is 7.12. The van der Waals surface area contributed by atoms with Gasteiger partial charge in [-0.2, -0.15) is 13.2 Å². The first-order chi connectivity index (χ1) is 18.0. The third-order valence-electron chi connectivity index (χ3n) is 5.61. The lowest BCUT2D eigenvalue weighted by Crippen LogP contribution is -2.50. The molecule has 39 heavy (non-hydrogen) atoms. The molecule has 2 amide bonds. The van der Waals surface area contributed by atoms with Crippen LogP contribution in [-0.2, 0) is 24.4 Å². The van der Waals surface area contributed by atoms with Crippen LogP contribution in [0.4, 0.5) is 23.2 Å². The van der Waals surface area contributed by atoms with E-state index in [0.717, 1.165) is 0 Å². The molecule has 0 aromatic heterocycles. The lowest BCUT2D eigenvalue weighted by molar-refractivity contribution is -0.192. The highest BCUT2D eigenvalue weighted by Crippen LogP contribution is 2.26. The van der Waals surface area contributed by atoms with Gasteiger partial charge in [-0.15, -0.1) is 0 Å². The zero-order valence-corrected chi connectivity index (χ0v) is 21.7. The van der Waals surface area contributed by atoms with Crippen molar-refractivity contribution >= 4 is 33.5 Å². The predicted octanol–water partition coefficient (Wildman–Crippen LogP) is 2.19. The number of alkyl halides is 4. The number of amides is 2. The van der Waals surface area contributed by atoms with E-state index in [0.29, 0.717) is 11.3 Å². The molecule has 10 nitrogen and oxygen atoms in total. The number of carboxylic acids is 1. The lowest BCUT2D eigenvalue weighted by atomic mass is 9.89. The van der Waals surface area contributed by atoms with Gasteiger partial charge in [0.15, 0.2) is 0 Å². The van der Waals surface area contributed by atoms with Gasteiger partial charge in [0.25, 0.3) is 10.0 Å². The Morgan fingerprint density at radius 2 is 1.62 bits per heavy atom. The average molecular weight is 577 g/mol. The number of rotatable bonds is 7. The molecule has 1 saturated heterocycles. The first-order valence-corrected chi connectivity index (χ1v) is 12.9. The number of carbonyl (C=O) groups is 3. The van der Waals surface area contributed by atoms with E-state index >= 15 is 0 Å². The molecular weight excluding hydrogens is 548 g/mol. The number of carbonyl (C=O) groups excluding carboxylic acids is 2. The number of anilines is 1. The van der Waals surface area contributed by atoms with E-state index in [4.69, 9.17) is 15.6 Å². The number of likely N-dealkylation sites (N-methyl/N-ethyl adjacent to an activating group) is 1. The Kier molecular flexibility index (Phi) is 10.4. The molecule has 0 saturated carbocycles. The fourth-order valence-corrected chi connectivity index (χ4v) is 4.70. The standard InChI is InChI=1S/C22H27FN4O4S.C2HF3O2/c1-26(2)21(28)19(20(24)22(29)27-13-12-16(23)14-27)15-8-10-17(11-9-15)25-32(30,31)18-6-4-3-5-7-18;3-2(4,5)1(6)7/h3-11,16,19-20,25H,12-14,24H2,1-2H3;(H,6,7)/t16-,19-,20-;/m0./s1. The number of nitrogens with zero attached hydrogens (tertiary/aromatic N) is 2. The number of halogens is 4. The maximum Gasteiger partial charge on any atom is 0.490 e. The van der Waals surface area contributed by atoms with Crippen LogP contribution < -0.4 is 10.5 Å². The molecule has 0 bridgehead atoms. The molecule has 1 aliphatic rings. The highest BCUT2D eigenvalue weighted by atomic mass is 32.2. The summed E-state index contributed by atoms with van der Waals surface area (Å²) in [5.74, 6) is -4.61. The van der Waals surface area contributed by atoms with Crippen LogP contribution in [0.5, 0.6) is 0 Å². The molecule has 1 fully saturated rings. The van der Waals surface area contributed by atoms with Crippen molar-refractivity contribution in [1.82, 2.24) is 9.80 Å². The maximum absolute atomic E-state index is 13.5. The van der Waals surface area contributed by atoms with Crippen LogP contribution in [0.3, 0.4) is 0 Å². The topological polar surface area (TPSA) is 150 Å². The molecular formula is C24H28F4N4O6S. The van der Waals surface area contributed by atoms with Gasteiger partial charge in [-0.25, -0.2) is 17.6 Å². The van der Waals surface area contributed by atoms with Gasteiger partial charge >= 0.3 is 12.1 Å². The van der Waals surface area contributed by atoms with Crippen LogP contribution in [0, 0.1) is 0 Å². The first kappa shape index (κ1) is 31.5. The predicted molar refractivity (Wildman–Crippen MR) is 133 cm³/mol. The molecule has 1 aliphatic heterocycles. The summed E-state index contributed by atoms with van der Waals surface area (Å²) in [6.45, 7) is 0.229. The number of nitrogens with one attached hydrogen (secondary N) is 1. The van der Waals surface area contributed by atoms with E-state index in [2.05, 4.69) is 4.72 Å². The van der Waals surface area contributed by atoms with Crippen molar-refractivity contribution in [2.24, 2.45) is 5.73 Å². The van der Waals surface area contributed by atoms with Gasteiger partial charge in [0.05, 0.1) is 17.4 Å². The molecule has 3 rings (SSSR count). The van der Waals surface area contributed by atoms with Crippen molar-refractivity contribution < 1.29 is 45.5 Å². The van der Waals surface area contributed by atoms with Gasteiger partial charge in [0.1, 0.15) is 12.2 Å². The minimum atomic E-state index is -5.08. The van der Waals surface area contributed by atoms with Crippen molar-refractivity contribution in [3.63, 3.8) is 0 Å². The largest absolute Gasteiger partial charge is 0.490 e. The van der Waals surface area contributed by atoms with Crippen molar-refractivity contribution in [3.8, 4) is 0 Å². The van der Waals surface area contributed by atoms with Crippen LogP contribution >= 0.6 is 0 Å². The number of carboxylic acid groups (broad SMARTS) is 1. The minimum Gasteiger partial charge on any atom is -0.475 e. The Balaban J connectivity index is 0.000000673. The van der Waals surface area contributed by atoms with Crippen molar-refractivity contribution in [2.75, 3.05) is 31.9 Å². The number of hydrogen-bond acceptors (Lipinski definition) is 6. The van der Waals surface area contributed by atoms with E-state index in [1.165, 1.54) is 34.1 Å². The summed E-state index contributed by atoms with van der Waals surface area (Å²) in [5.41, 5.74) is 6.96. The molecule has 1 heterocycles. The van der Waals surface area contributed by atoms with Crippen molar-refractivity contribution in [1.29, 1.82) is 0 Å². The van der Waals surface area contributed by atoms with E-state index in [1.54, 1.807) is 44.4 Å². The van der Waals surface area contributed by atoms with E-state index in [1.807, 2.05) is 0 Å². The highest BCUT2D eigenvalue weighted by molar-refractivity contribution is 7.92. The SMILES string of the molecule is CN(C)C(=O)[C@@H](c1ccc(NS(=O)(=O)c2ccccc2)cc1)[C@H](N)C(=O)N1CC[C@H](F)C1.O=C(O)C(F)(F)F. The number of sulfonamides is 1. The fraction of sp³-hybridized carbons (Fsp3) is 0.375. The van der Waals surface area contributed by atoms with Crippen LogP contribution in [0.15, 0.2) is 59.5 Å². The van der Waals surface area contributed by atoms with E-state index in [9.17, 15) is 35.6 Å². The van der Waals surface area contributed by atoms with Crippen LogP contribution in [0.1, 0.15) is 17.9 Å². The summed E-state index contributed by atoms with van der Waals surface area (Å²) in [6.07, 6.45) is -5.92. The van der Waals surface area contributed by atoms with E-state index in [-0.39, 0.29) is 30.3 Å². The molecule has 2 aromatic carbocycles. The molecule has 0 spiro atoms. The number of aliphatic carboxylic acids is 1. The summed E-state index contributed by atoms with van der Waals surface area (Å²) >= 11 is 0. The summed E-state index contributed by atoms with van der Waals surface area (Å²) in [7, 11) is -0.653. The third kappa shape index (κ3) is 8.64. The van der Waals surface area contributed by atoms with Crippen LogP contribution in [0.25, 0.3) is 0 Å².